The van der Waals surface area contributed by atoms with Crippen molar-refractivity contribution in [3.63, 3.8) is 0 Å². The van der Waals surface area contributed by atoms with E-state index in [0.29, 0.717) is 11.3 Å². The van der Waals surface area contributed by atoms with Gasteiger partial charge in [0.05, 0.1) is 0 Å². The number of rotatable bonds is 6. The molecule has 0 saturated carbocycles. The number of nitrogens with zero attached hydrogens (tertiary/aromatic N) is 2. The lowest BCUT2D eigenvalue weighted by Gasteiger charge is -2.31. The number of hydrogen-bond donors (Lipinski definition) is 2. The van der Waals surface area contributed by atoms with Crippen molar-refractivity contribution in [3.05, 3.63) is 65.7 Å². The Hall–Kier alpha value is -3.88. The molecular weight excluding hydrogens is 450 g/mol. The standard InChI is InChI=1S/C26H31N3O6/c1-16(28(5)25(34)35-26(2,3)4)22(30)27-21(17-11-7-6-8-12-17)23(31)29-19-14-10-9-13-18(19)15-20(29)24(32)33/h6-14,16,20-21H,15H2,1-5H3,(H,27,30)(H,32,33)/t16-,20-,21-/m0/s1. The largest absolute Gasteiger partial charge is 0.480 e. The maximum atomic E-state index is 13.8. The van der Waals surface area contributed by atoms with Crippen molar-refractivity contribution in [1.82, 2.24) is 10.2 Å². The molecule has 0 radical (unpaired) electrons. The third-order valence-corrected chi connectivity index (χ3v) is 5.81. The van der Waals surface area contributed by atoms with E-state index < -0.39 is 47.6 Å². The lowest BCUT2D eigenvalue weighted by Crippen LogP contribution is -2.52. The molecule has 9 nitrogen and oxygen atoms in total. The molecule has 0 aromatic heterocycles. The Morgan fingerprint density at radius 1 is 1.06 bits per heavy atom. The molecule has 35 heavy (non-hydrogen) atoms. The number of ether oxygens (including phenoxy) is 1. The number of likely N-dealkylation sites (N-methyl/N-ethyl adjacent to an activating group) is 1. The zero-order chi connectivity index (χ0) is 25.9. The fraction of sp³-hybridized carbons (Fsp3) is 0.385. The van der Waals surface area contributed by atoms with E-state index in [9.17, 15) is 24.3 Å². The van der Waals surface area contributed by atoms with Crippen molar-refractivity contribution >= 4 is 29.6 Å². The lowest BCUT2D eigenvalue weighted by atomic mass is 10.0. The highest BCUT2D eigenvalue weighted by molar-refractivity contribution is 6.06. The maximum Gasteiger partial charge on any atom is 0.410 e. The van der Waals surface area contributed by atoms with E-state index in [1.165, 1.54) is 18.9 Å². The summed E-state index contributed by atoms with van der Waals surface area (Å²) >= 11 is 0. The Kier molecular flexibility index (Phi) is 7.48. The number of carboxylic acid groups (broad SMARTS) is 1. The minimum atomic E-state index is -1.16. The van der Waals surface area contributed by atoms with Gasteiger partial charge in [0.25, 0.3) is 5.91 Å². The number of anilines is 1. The summed E-state index contributed by atoms with van der Waals surface area (Å²) in [6.45, 7) is 6.69. The van der Waals surface area contributed by atoms with E-state index in [1.807, 2.05) is 0 Å². The summed E-state index contributed by atoms with van der Waals surface area (Å²) in [5.74, 6) is -2.29. The number of para-hydroxylation sites is 1. The van der Waals surface area contributed by atoms with Crippen molar-refractivity contribution in [2.24, 2.45) is 0 Å². The van der Waals surface area contributed by atoms with Crippen molar-refractivity contribution < 1.29 is 29.0 Å². The summed E-state index contributed by atoms with van der Waals surface area (Å²) in [6.07, 6.45) is -0.507. The average molecular weight is 482 g/mol. The first kappa shape index (κ1) is 25.7. The summed E-state index contributed by atoms with van der Waals surface area (Å²) < 4.78 is 5.34. The smallest absolute Gasteiger partial charge is 0.410 e. The molecule has 3 atom stereocenters. The van der Waals surface area contributed by atoms with E-state index >= 15 is 0 Å². The lowest BCUT2D eigenvalue weighted by molar-refractivity contribution is -0.140. The van der Waals surface area contributed by atoms with Gasteiger partial charge >= 0.3 is 12.1 Å². The van der Waals surface area contributed by atoms with Gasteiger partial charge in [-0.3, -0.25) is 19.4 Å². The zero-order valence-electron chi connectivity index (χ0n) is 20.5. The molecule has 2 aromatic rings. The van der Waals surface area contributed by atoms with Gasteiger partial charge in [-0.15, -0.1) is 0 Å². The second-order valence-corrected chi connectivity index (χ2v) is 9.51. The molecule has 3 amide bonds. The summed E-state index contributed by atoms with van der Waals surface area (Å²) in [5, 5.41) is 12.5. The molecule has 0 unspecified atom stereocenters. The van der Waals surface area contributed by atoms with Crippen LogP contribution in [0, 0.1) is 0 Å². The molecule has 1 aliphatic rings. The van der Waals surface area contributed by atoms with Gasteiger partial charge in [0.1, 0.15) is 23.7 Å². The zero-order valence-corrected chi connectivity index (χ0v) is 20.5. The van der Waals surface area contributed by atoms with Crippen molar-refractivity contribution in [1.29, 1.82) is 0 Å². The third kappa shape index (κ3) is 5.79. The molecule has 3 rings (SSSR count). The molecule has 0 aliphatic carbocycles. The first-order valence-corrected chi connectivity index (χ1v) is 11.4. The van der Waals surface area contributed by atoms with Crippen molar-refractivity contribution in [2.75, 3.05) is 11.9 Å². The Balaban J connectivity index is 1.90. The number of amides is 3. The Labute approximate surface area is 204 Å². The number of fused-ring (bicyclic) bond motifs is 1. The van der Waals surface area contributed by atoms with E-state index in [2.05, 4.69) is 5.32 Å². The van der Waals surface area contributed by atoms with Crippen LogP contribution < -0.4 is 10.2 Å². The van der Waals surface area contributed by atoms with Gasteiger partial charge in [0, 0.05) is 19.2 Å². The van der Waals surface area contributed by atoms with E-state index in [1.54, 1.807) is 75.4 Å². The van der Waals surface area contributed by atoms with Gasteiger partial charge in [-0.25, -0.2) is 9.59 Å². The number of carbonyl (C=O) groups is 4. The summed E-state index contributed by atoms with van der Waals surface area (Å²) in [7, 11) is 1.44. The van der Waals surface area contributed by atoms with Crippen molar-refractivity contribution in [2.45, 2.75) is 57.8 Å². The third-order valence-electron chi connectivity index (χ3n) is 5.81. The van der Waals surface area contributed by atoms with Gasteiger partial charge in [0.2, 0.25) is 5.91 Å². The minimum Gasteiger partial charge on any atom is -0.480 e. The number of carbonyl (C=O) groups excluding carboxylic acids is 3. The number of benzene rings is 2. The first-order valence-electron chi connectivity index (χ1n) is 11.4. The molecule has 2 N–H and O–H groups in total. The molecule has 2 aromatic carbocycles. The predicted molar refractivity (Wildman–Crippen MR) is 130 cm³/mol. The van der Waals surface area contributed by atoms with Crippen LogP contribution in [0.15, 0.2) is 54.6 Å². The summed E-state index contributed by atoms with van der Waals surface area (Å²) in [6, 6.07) is 12.4. The Bertz CT molecular complexity index is 1110. The minimum absolute atomic E-state index is 0.171. The number of nitrogens with one attached hydrogen (secondary N) is 1. The molecule has 0 saturated heterocycles. The monoisotopic (exact) mass is 481 g/mol. The SMILES string of the molecule is C[C@@H](C(=O)N[C@H](C(=O)N1c2ccccc2C[C@H]1C(=O)O)c1ccccc1)N(C)C(=O)OC(C)(C)C. The molecule has 1 aliphatic heterocycles. The Morgan fingerprint density at radius 2 is 1.66 bits per heavy atom. The highest BCUT2D eigenvalue weighted by Gasteiger charge is 2.42. The molecule has 9 heteroatoms. The van der Waals surface area contributed by atoms with E-state index in [0.717, 1.165) is 10.5 Å². The highest BCUT2D eigenvalue weighted by Crippen LogP contribution is 2.34. The van der Waals surface area contributed by atoms with Crippen LogP contribution in [0.5, 0.6) is 0 Å². The highest BCUT2D eigenvalue weighted by atomic mass is 16.6. The van der Waals surface area contributed by atoms with Gasteiger partial charge < -0.3 is 15.2 Å². The summed E-state index contributed by atoms with van der Waals surface area (Å²) in [5.41, 5.74) is 0.994. The van der Waals surface area contributed by atoms with Crippen LogP contribution in [-0.4, -0.2) is 58.6 Å². The number of carboxylic acids is 1. The number of hydrogen-bond acceptors (Lipinski definition) is 5. The van der Waals surface area contributed by atoms with Crippen LogP contribution in [0.25, 0.3) is 0 Å². The Morgan fingerprint density at radius 3 is 2.26 bits per heavy atom. The molecule has 0 bridgehead atoms. The normalized spacial score (nSPS) is 16.6. The van der Waals surface area contributed by atoms with Crippen LogP contribution in [0.4, 0.5) is 10.5 Å². The van der Waals surface area contributed by atoms with Crippen LogP contribution in [0.1, 0.15) is 44.9 Å². The van der Waals surface area contributed by atoms with Crippen LogP contribution >= 0.6 is 0 Å². The van der Waals surface area contributed by atoms with E-state index in [4.69, 9.17) is 4.74 Å². The molecule has 1 heterocycles. The second kappa shape index (κ2) is 10.2. The van der Waals surface area contributed by atoms with Crippen LogP contribution in [0.3, 0.4) is 0 Å². The number of aliphatic carboxylic acids is 1. The fourth-order valence-electron chi connectivity index (χ4n) is 3.86. The molecule has 186 valence electrons. The molecule has 0 fully saturated rings. The average Bonchev–Trinajstić information content (AvgIpc) is 3.20. The second-order valence-electron chi connectivity index (χ2n) is 9.51. The predicted octanol–water partition coefficient (Wildman–Crippen LogP) is 3.14. The maximum absolute atomic E-state index is 13.8. The topological polar surface area (TPSA) is 116 Å². The summed E-state index contributed by atoms with van der Waals surface area (Å²) in [4.78, 5) is 53.8. The fourth-order valence-corrected chi connectivity index (χ4v) is 3.86. The molecule has 0 spiro atoms. The van der Waals surface area contributed by atoms with Crippen LogP contribution in [0.2, 0.25) is 0 Å². The van der Waals surface area contributed by atoms with Crippen molar-refractivity contribution in [3.8, 4) is 0 Å². The van der Waals surface area contributed by atoms with Gasteiger partial charge in [0.15, 0.2) is 0 Å². The van der Waals surface area contributed by atoms with Crippen LogP contribution in [-0.2, 0) is 25.5 Å². The molecular formula is C26H31N3O6. The quantitative estimate of drug-likeness (QED) is 0.655. The van der Waals surface area contributed by atoms with Gasteiger partial charge in [-0.05, 0) is 44.9 Å². The van der Waals surface area contributed by atoms with Gasteiger partial charge in [-0.2, -0.15) is 0 Å². The van der Waals surface area contributed by atoms with E-state index in [-0.39, 0.29) is 6.42 Å². The first-order chi connectivity index (χ1) is 16.4. The van der Waals surface area contributed by atoms with Gasteiger partial charge in [-0.1, -0.05) is 48.5 Å².